The first-order chi connectivity index (χ1) is 19.4. The molecule has 210 valence electrons. The molecule has 5 N–H and O–H groups in total. The van der Waals surface area contributed by atoms with Gasteiger partial charge in [-0.3, -0.25) is 9.13 Å². The van der Waals surface area contributed by atoms with E-state index < -0.39 is 28.6 Å². The van der Waals surface area contributed by atoms with Crippen molar-refractivity contribution in [2.24, 2.45) is 5.92 Å². The van der Waals surface area contributed by atoms with Crippen LogP contribution in [-0.2, 0) is 27.7 Å². The van der Waals surface area contributed by atoms with Gasteiger partial charge in [0.2, 0.25) is 0 Å². The largest absolute Gasteiger partial charge is 0.694 e. The summed E-state index contributed by atoms with van der Waals surface area (Å²) < 4.78 is 50.5. The first-order valence-corrected chi connectivity index (χ1v) is 14.9. The number of nitrogen functional groups attached to an aromatic ring is 2. The minimum atomic E-state index is -2.82. The standard InChI is InChI=1S/C21H25N10O7P2/c22-18-16-20(26-7-24-18)30(9-28-16)14-2-1-12(37-14)4-35-39(32)6-11-3-15(38-13(11)5-36-40(33)34)31-10-29-17-19(23)25-8-27-21(17)31/h7-15H,1-6H2,(H4-,22,23,24,25,26,27,33,34)/q+1/p+1/t11-,12+,13?,14-,15-/m1/s1. The second kappa shape index (κ2) is 11.3. The van der Waals surface area contributed by atoms with Gasteiger partial charge in [-0.15, -0.1) is 13.9 Å². The lowest BCUT2D eigenvalue weighted by molar-refractivity contribution is -0.0234. The van der Waals surface area contributed by atoms with E-state index in [1.807, 2.05) is 0 Å². The lowest BCUT2D eigenvalue weighted by atomic mass is 10.0. The normalized spacial score (nSPS) is 25.7. The molecule has 0 aromatic carbocycles. The number of fused-ring (bicyclic) bond motifs is 2. The van der Waals surface area contributed by atoms with Gasteiger partial charge in [0.15, 0.2) is 29.1 Å². The highest BCUT2D eigenvalue weighted by Crippen LogP contribution is 2.42. The number of imidazole rings is 2. The van der Waals surface area contributed by atoms with Crippen molar-refractivity contribution in [1.82, 2.24) is 39.0 Å². The molecule has 2 aliphatic rings. The summed E-state index contributed by atoms with van der Waals surface area (Å²) in [5.41, 5.74) is 13.8. The monoisotopic (exact) mass is 592 g/mol. The lowest BCUT2D eigenvalue weighted by Crippen LogP contribution is -2.23. The zero-order valence-corrected chi connectivity index (χ0v) is 22.8. The van der Waals surface area contributed by atoms with Gasteiger partial charge in [-0.1, -0.05) is 0 Å². The van der Waals surface area contributed by atoms with E-state index in [0.717, 1.165) is 0 Å². The molecule has 6 heterocycles. The van der Waals surface area contributed by atoms with Crippen LogP contribution < -0.4 is 11.5 Å². The van der Waals surface area contributed by atoms with Gasteiger partial charge in [-0.2, -0.15) is 0 Å². The van der Waals surface area contributed by atoms with Crippen molar-refractivity contribution in [2.45, 2.75) is 43.9 Å². The second-order valence-electron chi connectivity index (χ2n) is 9.43. The Balaban J connectivity index is 1.07. The maximum absolute atomic E-state index is 13.0. The molecule has 3 unspecified atom stereocenters. The first-order valence-electron chi connectivity index (χ1n) is 12.4. The molecule has 0 radical (unpaired) electrons. The quantitative estimate of drug-likeness (QED) is 0.223. The van der Waals surface area contributed by atoms with Crippen LogP contribution in [0.4, 0.5) is 11.6 Å². The fourth-order valence-corrected chi connectivity index (χ4v) is 6.53. The number of anilines is 2. The summed E-state index contributed by atoms with van der Waals surface area (Å²) in [5.74, 6) is 0.242. The van der Waals surface area contributed by atoms with E-state index in [1.54, 1.807) is 21.8 Å². The molecule has 4 aromatic rings. The molecular weight excluding hydrogens is 566 g/mol. The first kappa shape index (κ1) is 26.9. The molecule has 0 spiro atoms. The average molecular weight is 592 g/mol. The minimum absolute atomic E-state index is 0.137. The SMILES string of the molecule is Nc1ncnc2c1ncn2[C@H]1C[C@H](C[P+](=O)OC[C@@H]2CC[C@H](n3cnc4c(N)ncnc43)O2)C(CO[P+](=O)O)O1. The molecule has 2 fully saturated rings. The molecule has 2 aliphatic heterocycles. The summed E-state index contributed by atoms with van der Waals surface area (Å²) in [6, 6.07) is 0. The third-order valence-electron chi connectivity index (χ3n) is 6.98. The summed E-state index contributed by atoms with van der Waals surface area (Å²) in [6.07, 6.45) is 6.14. The molecule has 2 saturated heterocycles. The molecule has 0 saturated carbocycles. The molecule has 7 atom stereocenters. The topological polar surface area (TPSA) is 231 Å². The smallest absolute Gasteiger partial charge is 0.382 e. The second-order valence-corrected chi connectivity index (χ2v) is 11.4. The van der Waals surface area contributed by atoms with E-state index in [2.05, 4.69) is 29.9 Å². The third kappa shape index (κ3) is 5.37. The van der Waals surface area contributed by atoms with Gasteiger partial charge in [-0.05, 0) is 17.4 Å². The maximum Gasteiger partial charge on any atom is 0.694 e. The summed E-state index contributed by atoms with van der Waals surface area (Å²) >= 11 is 0. The van der Waals surface area contributed by atoms with E-state index >= 15 is 0 Å². The summed E-state index contributed by atoms with van der Waals surface area (Å²) in [4.78, 5) is 34.1. The molecular formula is C21H26N10O7P2+2. The number of rotatable bonds is 10. The maximum atomic E-state index is 13.0. The Bertz CT molecular complexity index is 1570. The third-order valence-corrected chi connectivity index (χ3v) is 8.55. The Morgan fingerprint density at radius 3 is 2.17 bits per heavy atom. The highest BCUT2D eigenvalue weighted by atomic mass is 31.1. The predicted octanol–water partition coefficient (Wildman–Crippen LogP) is 1.84. The molecule has 17 nitrogen and oxygen atoms in total. The van der Waals surface area contributed by atoms with Crippen molar-refractivity contribution in [3.8, 4) is 0 Å². The van der Waals surface area contributed by atoms with Crippen LogP contribution in [0, 0.1) is 5.92 Å². The number of aromatic nitrogens is 8. The van der Waals surface area contributed by atoms with Crippen LogP contribution >= 0.6 is 16.3 Å². The van der Waals surface area contributed by atoms with Crippen LogP contribution in [-0.4, -0.2) is 75.5 Å². The summed E-state index contributed by atoms with van der Waals surface area (Å²) in [6.45, 7) is -0.0152. The summed E-state index contributed by atoms with van der Waals surface area (Å²) in [7, 11) is -4.92. The summed E-state index contributed by atoms with van der Waals surface area (Å²) in [5, 5.41) is 0. The highest BCUT2D eigenvalue weighted by molar-refractivity contribution is 7.39. The van der Waals surface area contributed by atoms with Gasteiger partial charge in [0.1, 0.15) is 49.4 Å². The zero-order chi connectivity index (χ0) is 27.8. The van der Waals surface area contributed by atoms with Crippen molar-refractivity contribution in [1.29, 1.82) is 0 Å². The Hall–Kier alpha value is -3.30. The van der Waals surface area contributed by atoms with E-state index in [0.29, 0.717) is 47.4 Å². The van der Waals surface area contributed by atoms with Gasteiger partial charge < -0.3 is 20.9 Å². The number of hydrogen-bond acceptors (Lipinski definition) is 14. The minimum Gasteiger partial charge on any atom is -0.382 e. The van der Waals surface area contributed by atoms with Crippen molar-refractivity contribution >= 4 is 50.2 Å². The van der Waals surface area contributed by atoms with Crippen LogP contribution in [0.25, 0.3) is 22.3 Å². The number of nitrogens with two attached hydrogens (primary N) is 2. The van der Waals surface area contributed by atoms with Crippen molar-refractivity contribution in [2.75, 3.05) is 30.8 Å². The highest BCUT2D eigenvalue weighted by Gasteiger charge is 2.44. The molecule has 19 heteroatoms. The van der Waals surface area contributed by atoms with Gasteiger partial charge in [-0.25, -0.2) is 29.9 Å². The molecule has 0 bridgehead atoms. The zero-order valence-electron chi connectivity index (χ0n) is 21.0. The van der Waals surface area contributed by atoms with E-state index in [4.69, 9.17) is 34.9 Å². The molecule has 4 aromatic heterocycles. The van der Waals surface area contributed by atoms with Gasteiger partial charge in [0, 0.05) is 16.9 Å². The number of nitrogens with zero attached hydrogens (tertiary/aromatic N) is 8. The van der Waals surface area contributed by atoms with E-state index in [-0.39, 0.29) is 43.4 Å². The molecule has 0 aliphatic carbocycles. The number of ether oxygens (including phenoxy) is 2. The Labute approximate surface area is 228 Å². The Morgan fingerprint density at radius 2 is 1.52 bits per heavy atom. The fourth-order valence-electron chi connectivity index (χ4n) is 5.05. The Morgan fingerprint density at radius 1 is 0.875 bits per heavy atom. The molecule has 0 amide bonds. The van der Waals surface area contributed by atoms with Crippen LogP contribution in [0.5, 0.6) is 0 Å². The van der Waals surface area contributed by atoms with Gasteiger partial charge >= 0.3 is 16.3 Å². The molecule has 6 rings (SSSR count). The predicted molar refractivity (Wildman–Crippen MR) is 139 cm³/mol. The van der Waals surface area contributed by atoms with E-state index in [1.165, 1.54) is 12.7 Å². The number of hydrogen-bond donors (Lipinski definition) is 3. The Kier molecular flexibility index (Phi) is 7.59. The average Bonchev–Trinajstić information content (AvgIpc) is 3.72. The fraction of sp³-hybridized carbons (Fsp3) is 0.524. The van der Waals surface area contributed by atoms with Crippen molar-refractivity contribution in [3.63, 3.8) is 0 Å². The van der Waals surface area contributed by atoms with Crippen LogP contribution in [0.15, 0.2) is 25.3 Å². The van der Waals surface area contributed by atoms with Gasteiger partial charge in [0.25, 0.3) is 0 Å². The van der Waals surface area contributed by atoms with Crippen molar-refractivity contribution < 1.29 is 32.5 Å². The lowest BCUT2D eigenvalue weighted by Gasteiger charge is -2.14. The molecule has 40 heavy (non-hydrogen) atoms. The van der Waals surface area contributed by atoms with Crippen molar-refractivity contribution in [3.05, 3.63) is 25.3 Å². The van der Waals surface area contributed by atoms with Gasteiger partial charge in [0.05, 0.1) is 24.9 Å². The van der Waals surface area contributed by atoms with E-state index in [9.17, 15) is 9.13 Å². The van der Waals surface area contributed by atoms with Crippen LogP contribution in [0.1, 0.15) is 31.7 Å². The van der Waals surface area contributed by atoms with Crippen LogP contribution in [0.3, 0.4) is 0 Å². The van der Waals surface area contributed by atoms with Crippen LogP contribution in [0.2, 0.25) is 0 Å².